The van der Waals surface area contributed by atoms with Crippen molar-refractivity contribution in [2.75, 3.05) is 13.7 Å². The fourth-order valence-corrected chi connectivity index (χ4v) is 1.52. The topological polar surface area (TPSA) is 103 Å². The number of hydrogen-bond acceptors (Lipinski definition) is 5. The smallest absolute Gasteiger partial charge is 0.274 e. The van der Waals surface area contributed by atoms with E-state index in [1.165, 1.54) is 7.11 Å². The Morgan fingerprint density at radius 3 is 2.63 bits per heavy atom. The summed E-state index contributed by atoms with van der Waals surface area (Å²) in [5.74, 6) is -0.0962. The number of amides is 2. The Balaban J connectivity index is 2.05. The Morgan fingerprint density at radius 2 is 2.00 bits per heavy atom. The standard InChI is InChI=1S/C12H13N3O4/c1-18-7-4-2-3-5-8(7)19-6-9-14-11(16)10(13)12(17)15-9/h2-5,10H,6,13H2,1H3,(H,14,15,16,17). The summed E-state index contributed by atoms with van der Waals surface area (Å²) in [6, 6.07) is 5.78. The number of aliphatic imine (C=N–C) groups is 1. The van der Waals surface area contributed by atoms with Gasteiger partial charge >= 0.3 is 0 Å². The zero-order valence-corrected chi connectivity index (χ0v) is 10.3. The van der Waals surface area contributed by atoms with E-state index in [2.05, 4.69) is 10.3 Å². The molecule has 7 heteroatoms. The van der Waals surface area contributed by atoms with E-state index in [1.807, 2.05) is 0 Å². The predicted molar refractivity (Wildman–Crippen MR) is 67.0 cm³/mol. The van der Waals surface area contributed by atoms with Crippen molar-refractivity contribution in [1.29, 1.82) is 0 Å². The van der Waals surface area contributed by atoms with Crippen molar-refractivity contribution >= 4 is 17.6 Å². The number of nitrogens with one attached hydrogen (secondary N) is 1. The van der Waals surface area contributed by atoms with Crippen LogP contribution in [0, 0.1) is 0 Å². The molecule has 2 amide bonds. The maximum atomic E-state index is 11.3. The van der Waals surface area contributed by atoms with Gasteiger partial charge in [-0.25, -0.2) is 0 Å². The van der Waals surface area contributed by atoms with E-state index in [0.717, 1.165) is 0 Å². The number of para-hydroxylation sites is 2. The lowest BCUT2D eigenvalue weighted by Crippen LogP contribution is -2.53. The van der Waals surface area contributed by atoms with Gasteiger partial charge in [-0.05, 0) is 12.1 Å². The molecule has 0 spiro atoms. The van der Waals surface area contributed by atoms with E-state index in [9.17, 15) is 9.59 Å². The van der Waals surface area contributed by atoms with E-state index in [0.29, 0.717) is 11.5 Å². The van der Waals surface area contributed by atoms with Crippen molar-refractivity contribution < 1.29 is 19.1 Å². The highest BCUT2D eigenvalue weighted by atomic mass is 16.5. The van der Waals surface area contributed by atoms with E-state index >= 15 is 0 Å². The number of rotatable bonds is 4. The number of nitrogens with two attached hydrogens (primary N) is 1. The third-order valence-electron chi connectivity index (χ3n) is 2.49. The molecule has 19 heavy (non-hydrogen) atoms. The number of carbonyl (C=O) groups is 2. The Bertz CT molecular complexity index is 542. The maximum Gasteiger partial charge on any atom is 0.274 e. The minimum absolute atomic E-state index is 0.0510. The third-order valence-corrected chi connectivity index (χ3v) is 2.49. The summed E-state index contributed by atoms with van der Waals surface area (Å²) in [7, 11) is 1.52. The molecule has 0 fully saturated rings. The van der Waals surface area contributed by atoms with Gasteiger partial charge in [0.25, 0.3) is 11.8 Å². The Hall–Kier alpha value is -2.41. The van der Waals surface area contributed by atoms with Crippen LogP contribution in [-0.4, -0.2) is 37.4 Å². The van der Waals surface area contributed by atoms with Crippen LogP contribution >= 0.6 is 0 Å². The second-order valence-electron chi connectivity index (χ2n) is 3.80. The van der Waals surface area contributed by atoms with Crippen molar-refractivity contribution in [3.05, 3.63) is 24.3 Å². The number of ether oxygens (including phenoxy) is 2. The molecule has 1 heterocycles. The molecule has 0 radical (unpaired) electrons. The molecule has 1 aliphatic heterocycles. The monoisotopic (exact) mass is 263 g/mol. The van der Waals surface area contributed by atoms with Crippen LogP contribution in [0.25, 0.3) is 0 Å². The molecule has 1 aromatic rings. The highest BCUT2D eigenvalue weighted by Gasteiger charge is 2.28. The number of amidine groups is 1. The second-order valence-corrected chi connectivity index (χ2v) is 3.80. The van der Waals surface area contributed by atoms with Crippen molar-refractivity contribution in [3.63, 3.8) is 0 Å². The van der Waals surface area contributed by atoms with Crippen LogP contribution in [0.2, 0.25) is 0 Å². The first-order valence-corrected chi connectivity index (χ1v) is 5.55. The van der Waals surface area contributed by atoms with Gasteiger partial charge in [0.15, 0.2) is 23.4 Å². The number of hydrogen-bond donors (Lipinski definition) is 2. The first-order valence-electron chi connectivity index (χ1n) is 5.55. The summed E-state index contributed by atoms with van der Waals surface area (Å²) in [5.41, 5.74) is 5.31. The predicted octanol–water partition coefficient (Wildman–Crippen LogP) is -0.544. The molecule has 0 saturated carbocycles. The highest BCUT2D eigenvalue weighted by Crippen LogP contribution is 2.25. The second kappa shape index (κ2) is 5.49. The van der Waals surface area contributed by atoms with Crippen LogP contribution in [0.15, 0.2) is 29.3 Å². The normalized spacial score (nSPS) is 18.6. The molecule has 1 aromatic carbocycles. The van der Waals surface area contributed by atoms with Crippen molar-refractivity contribution in [3.8, 4) is 11.5 Å². The van der Waals surface area contributed by atoms with Crippen LogP contribution < -0.4 is 20.5 Å². The Labute approximate surface area is 109 Å². The third kappa shape index (κ3) is 2.89. The molecule has 1 atom stereocenters. The van der Waals surface area contributed by atoms with Gasteiger partial charge in [-0.1, -0.05) is 12.1 Å². The zero-order valence-electron chi connectivity index (χ0n) is 10.3. The lowest BCUT2D eigenvalue weighted by molar-refractivity contribution is -0.129. The minimum Gasteiger partial charge on any atom is -0.493 e. The van der Waals surface area contributed by atoms with Gasteiger partial charge in [-0.3, -0.25) is 9.59 Å². The summed E-state index contributed by atoms with van der Waals surface area (Å²) in [4.78, 5) is 26.3. The fraction of sp³-hybridized carbons (Fsp3) is 0.250. The largest absolute Gasteiger partial charge is 0.493 e. The van der Waals surface area contributed by atoms with Gasteiger partial charge in [0.05, 0.1) is 7.11 Å². The average molecular weight is 263 g/mol. The number of benzene rings is 1. The van der Waals surface area contributed by atoms with Gasteiger partial charge in [0, 0.05) is 0 Å². The number of methoxy groups -OCH3 is 1. The lowest BCUT2D eigenvalue weighted by atomic mass is 10.2. The molecule has 0 aromatic heterocycles. The first kappa shape index (κ1) is 13.0. The number of nitrogens with zero attached hydrogens (tertiary/aromatic N) is 1. The van der Waals surface area contributed by atoms with Crippen LogP contribution in [0.4, 0.5) is 0 Å². The molecule has 2 rings (SSSR count). The van der Waals surface area contributed by atoms with Gasteiger partial charge in [0.1, 0.15) is 6.61 Å². The van der Waals surface area contributed by atoms with Gasteiger partial charge in [-0.15, -0.1) is 0 Å². The van der Waals surface area contributed by atoms with Crippen LogP contribution in [0.3, 0.4) is 0 Å². The maximum absolute atomic E-state index is 11.3. The summed E-state index contributed by atoms with van der Waals surface area (Å²) in [6.45, 7) is -0.0510. The summed E-state index contributed by atoms with van der Waals surface area (Å²) in [5, 5.41) is 2.40. The Kier molecular flexibility index (Phi) is 3.76. The lowest BCUT2D eigenvalue weighted by Gasteiger charge is -2.17. The summed E-state index contributed by atoms with van der Waals surface area (Å²) < 4.78 is 10.5. The summed E-state index contributed by atoms with van der Waals surface area (Å²) in [6.07, 6.45) is 0. The first-order chi connectivity index (χ1) is 9.11. The van der Waals surface area contributed by atoms with Gasteiger partial charge in [-0.2, -0.15) is 4.99 Å². The number of carbonyl (C=O) groups excluding carboxylic acids is 2. The minimum atomic E-state index is -1.24. The van der Waals surface area contributed by atoms with Crippen molar-refractivity contribution in [2.45, 2.75) is 6.04 Å². The van der Waals surface area contributed by atoms with E-state index in [1.54, 1.807) is 24.3 Å². The van der Waals surface area contributed by atoms with Gasteiger partial charge in [0.2, 0.25) is 0 Å². The van der Waals surface area contributed by atoms with Crippen molar-refractivity contribution in [2.24, 2.45) is 10.7 Å². The van der Waals surface area contributed by atoms with Gasteiger partial charge < -0.3 is 20.5 Å². The Morgan fingerprint density at radius 1 is 1.32 bits per heavy atom. The molecule has 1 unspecified atom stereocenters. The molecule has 0 aliphatic carbocycles. The fourth-order valence-electron chi connectivity index (χ4n) is 1.52. The molecule has 7 nitrogen and oxygen atoms in total. The van der Waals surface area contributed by atoms with Crippen LogP contribution in [0.1, 0.15) is 0 Å². The molecular weight excluding hydrogens is 250 g/mol. The molecule has 1 aliphatic rings. The molecular formula is C12H13N3O4. The molecule has 3 N–H and O–H groups in total. The summed E-state index contributed by atoms with van der Waals surface area (Å²) >= 11 is 0. The zero-order chi connectivity index (χ0) is 13.8. The SMILES string of the molecule is COc1ccccc1OCC1=NC(=O)C(N)C(=O)N1. The highest BCUT2D eigenvalue weighted by molar-refractivity contribution is 6.18. The van der Waals surface area contributed by atoms with E-state index < -0.39 is 17.9 Å². The van der Waals surface area contributed by atoms with E-state index in [4.69, 9.17) is 15.2 Å². The van der Waals surface area contributed by atoms with Crippen molar-refractivity contribution in [1.82, 2.24) is 5.32 Å². The van der Waals surface area contributed by atoms with Crippen LogP contribution in [-0.2, 0) is 9.59 Å². The average Bonchev–Trinajstić information content (AvgIpc) is 2.42. The molecule has 0 bridgehead atoms. The molecule has 100 valence electrons. The van der Waals surface area contributed by atoms with Crippen LogP contribution in [0.5, 0.6) is 11.5 Å². The quantitative estimate of drug-likeness (QED) is 0.710. The molecule has 0 saturated heterocycles. The van der Waals surface area contributed by atoms with E-state index in [-0.39, 0.29) is 12.4 Å².